The fourth-order valence-electron chi connectivity index (χ4n) is 0.354. The van der Waals surface area contributed by atoms with Gasteiger partial charge in [0, 0.05) is 0 Å². The predicted octanol–water partition coefficient (Wildman–Crippen LogP) is 0.189. The Morgan fingerprint density at radius 1 is 1.50 bits per heavy atom. The van der Waals surface area contributed by atoms with Crippen molar-refractivity contribution in [2.45, 2.75) is 24.9 Å². The van der Waals surface area contributed by atoms with Crippen molar-refractivity contribution in [3.05, 3.63) is 0 Å². The van der Waals surface area contributed by atoms with Crippen LogP contribution in [0.1, 0.15) is 19.8 Å². The molecule has 0 spiro atoms. The molecule has 0 aliphatic rings. The molecule has 0 saturated heterocycles. The standard InChI is InChI=1S/C4H9.BH3.Li/c1-3-4-2;;/h1,3-4H2,2H3;1H3;. The second-order valence-corrected chi connectivity index (χ2v) is 1.35. The third-order valence-corrected chi connectivity index (χ3v) is 0.707. The van der Waals surface area contributed by atoms with Gasteiger partial charge in [0.05, 0.1) is 8.41 Å². The molecule has 0 aromatic carbocycles. The van der Waals surface area contributed by atoms with E-state index in [4.69, 9.17) is 0 Å². The first kappa shape index (κ1) is 9.83. The summed E-state index contributed by atoms with van der Waals surface area (Å²) in [6, 6.07) is 0. The molecule has 0 heterocycles. The minimum absolute atomic E-state index is 0. The Bertz CT molecular complexity index is 15.0. The average molecular weight is 77.9 g/mol. The maximum atomic E-state index is 2.21. The van der Waals surface area contributed by atoms with E-state index in [9.17, 15) is 0 Å². The van der Waals surface area contributed by atoms with Crippen molar-refractivity contribution < 1.29 is 0 Å². The van der Waals surface area contributed by atoms with E-state index >= 15 is 0 Å². The summed E-state index contributed by atoms with van der Waals surface area (Å²) in [6.07, 6.45) is 2.73. The Morgan fingerprint density at radius 2 is 2.00 bits per heavy atom. The first-order valence-corrected chi connectivity index (χ1v) is 2.41. The van der Waals surface area contributed by atoms with Crippen LogP contribution < -0.4 is 0 Å². The molecule has 0 amide bonds. The van der Waals surface area contributed by atoms with Crippen molar-refractivity contribution in [2.75, 3.05) is 0 Å². The number of rotatable bonds is 2. The van der Waals surface area contributed by atoms with Gasteiger partial charge in [0.25, 0.3) is 0 Å². The second-order valence-electron chi connectivity index (χ2n) is 1.35. The van der Waals surface area contributed by atoms with Gasteiger partial charge < -0.3 is 0 Å². The van der Waals surface area contributed by atoms with Gasteiger partial charge in [-0.15, -0.1) is 0 Å². The number of hydrogen-bond donors (Lipinski definition) is 0. The van der Waals surface area contributed by atoms with E-state index < -0.39 is 0 Å². The molecule has 0 saturated carbocycles. The Hall–Kier alpha value is 0.662. The summed E-state index contributed by atoms with van der Waals surface area (Å²) < 4.78 is 0. The first-order chi connectivity index (χ1) is 2.41. The second kappa shape index (κ2) is 9.18. The van der Waals surface area contributed by atoms with Gasteiger partial charge in [0.15, 0.2) is 0 Å². The van der Waals surface area contributed by atoms with E-state index in [1.807, 2.05) is 0 Å². The summed E-state index contributed by atoms with van der Waals surface area (Å²) in [5.41, 5.74) is 0. The summed E-state index contributed by atoms with van der Waals surface area (Å²) in [5, 5.41) is 1.34. The molecule has 0 N–H and O–H groups in total. The quantitative estimate of drug-likeness (QED) is 0.413. The first-order valence-electron chi connectivity index (χ1n) is 2.41. The predicted molar refractivity (Wildman–Crippen MR) is 35.4 cm³/mol. The molecule has 0 aliphatic heterocycles. The Kier molecular flexibility index (Phi) is 15.0. The van der Waals surface area contributed by atoms with Crippen LogP contribution in [0, 0.1) is 0 Å². The van der Waals surface area contributed by atoms with E-state index in [-0.39, 0.29) is 8.41 Å². The van der Waals surface area contributed by atoms with Crippen LogP contribution in [0.2, 0.25) is 5.09 Å². The van der Waals surface area contributed by atoms with Crippen molar-refractivity contribution in [3.8, 4) is 0 Å². The SMILES string of the molecule is B.[Li][CH2]CCC. The Morgan fingerprint density at radius 3 is 2.00 bits per heavy atom. The molecule has 0 bridgehead atoms. The molecule has 2 heteroatoms. The minimum atomic E-state index is 0. The van der Waals surface area contributed by atoms with E-state index in [0.29, 0.717) is 0 Å². The summed E-state index contributed by atoms with van der Waals surface area (Å²) in [4.78, 5) is 0. The van der Waals surface area contributed by atoms with Crippen molar-refractivity contribution >= 4 is 26.1 Å². The third-order valence-electron chi connectivity index (χ3n) is 0.707. The molecule has 0 aromatic heterocycles. The molecule has 0 rings (SSSR count). The van der Waals surface area contributed by atoms with E-state index in [1.165, 1.54) is 17.9 Å². The Labute approximate surface area is 51.5 Å². The number of hydrogen-bond acceptors (Lipinski definition) is 0. The average Bonchev–Trinajstić information content (AvgIpc) is 1.41. The van der Waals surface area contributed by atoms with Gasteiger partial charge in [0.2, 0.25) is 0 Å². The maximum absolute atomic E-state index is 2.21. The van der Waals surface area contributed by atoms with E-state index in [2.05, 4.69) is 24.6 Å². The fraction of sp³-hybridized carbons (Fsp3) is 1.00. The third kappa shape index (κ3) is 8.82. The summed E-state index contributed by atoms with van der Waals surface area (Å²) in [5.74, 6) is 0. The molecule has 32 valence electrons. The van der Waals surface area contributed by atoms with Crippen LogP contribution in [0.5, 0.6) is 0 Å². The van der Waals surface area contributed by atoms with Crippen LogP contribution in [0.3, 0.4) is 0 Å². The van der Waals surface area contributed by atoms with Gasteiger partial charge in [-0.3, -0.25) is 0 Å². The summed E-state index contributed by atoms with van der Waals surface area (Å²) in [6.45, 7) is 2.21. The van der Waals surface area contributed by atoms with Crippen LogP contribution in [0.4, 0.5) is 0 Å². The summed E-state index contributed by atoms with van der Waals surface area (Å²) >= 11 is 2.21. The summed E-state index contributed by atoms with van der Waals surface area (Å²) in [7, 11) is 0. The zero-order valence-electron chi connectivity index (χ0n) is 4.12. The van der Waals surface area contributed by atoms with E-state index in [1.54, 1.807) is 0 Å². The molecule has 0 nitrogen and oxygen atoms in total. The van der Waals surface area contributed by atoms with Gasteiger partial charge in [-0.25, -0.2) is 0 Å². The van der Waals surface area contributed by atoms with Gasteiger partial charge in [0.1, 0.15) is 0 Å². The van der Waals surface area contributed by atoms with Crippen molar-refractivity contribution in [2.24, 2.45) is 0 Å². The molecule has 0 atom stereocenters. The van der Waals surface area contributed by atoms with Crippen LogP contribution >= 0.6 is 0 Å². The molecule has 0 radical (unpaired) electrons. The zero-order valence-corrected chi connectivity index (χ0v) is 4.12. The molecular formula is C4H12BLi. The molecule has 6 heavy (non-hydrogen) atoms. The number of unbranched alkanes of at least 4 members (excludes halogenated alkanes) is 1. The van der Waals surface area contributed by atoms with Crippen molar-refractivity contribution in [1.29, 1.82) is 0 Å². The normalized spacial score (nSPS) is 7.17. The van der Waals surface area contributed by atoms with Crippen molar-refractivity contribution in [3.63, 3.8) is 0 Å². The van der Waals surface area contributed by atoms with Crippen LogP contribution in [-0.2, 0) is 0 Å². The van der Waals surface area contributed by atoms with Crippen LogP contribution in [0.25, 0.3) is 0 Å². The molecule has 0 unspecified atom stereocenters. The van der Waals surface area contributed by atoms with E-state index in [0.717, 1.165) is 0 Å². The van der Waals surface area contributed by atoms with Crippen LogP contribution in [-0.4, -0.2) is 26.1 Å². The van der Waals surface area contributed by atoms with Gasteiger partial charge >= 0.3 is 42.6 Å². The molecule has 0 aromatic rings. The molecular weight excluding hydrogens is 65.8 g/mol. The van der Waals surface area contributed by atoms with Gasteiger partial charge in [-0.05, 0) is 0 Å². The van der Waals surface area contributed by atoms with Crippen LogP contribution in [0.15, 0.2) is 0 Å². The van der Waals surface area contributed by atoms with Gasteiger partial charge in [-0.2, -0.15) is 0 Å². The zero-order chi connectivity index (χ0) is 4.12. The Balaban J connectivity index is 0. The molecule has 0 fully saturated rings. The topological polar surface area (TPSA) is 0 Å². The monoisotopic (exact) mass is 78.1 g/mol. The molecule has 0 aliphatic carbocycles. The van der Waals surface area contributed by atoms with Crippen molar-refractivity contribution in [1.82, 2.24) is 0 Å². The fourth-order valence-corrected chi connectivity index (χ4v) is 0.354. The van der Waals surface area contributed by atoms with Gasteiger partial charge in [-0.1, -0.05) is 0 Å².